The van der Waals surface area contributed by atoms with Crippen LogP contribution in [0.1, 0.15) is 12.1 Å². The maximum atomic E-state index is 12.6. The van der Waals surface area contributed by atoms with Crippen LogP contribution in [0.2, 0.25) is 0 Å². The highest BCUT2D eigenvalue weighted by molar-refractivity contribution is 5.36. The largest absolute Gasteiger partial charge is 0.331 e. The van der Waals surface area contributed by atoms with Gasteiger partial charge in [-0.3, -0.25) is 10.1 Å². The smallest absolute Gasteiger partial charge is 0.258 e. The number of aromatic nitrogens is 1. The first kappa shape index (κ1) is 9.43. The van der Waals surface area contributed by atoms with Crippen molar-refractivity contribution in [2.45, 2.75) is 6.43 Å². The average Bonchev–Trinajstić information content (AvgIpc) is 2.02. The van der Waals surface area contributed by atoms with E-state index in [9.17, 15) is 23.3 Å². The van der Waals surface area contributed by atoms with Gasteiger partial charge in [0.15, 0.2) is 5.69 Å². The quantitative estimate of drug-likeness (QED) is 0.532. The molecule has 0 saturated heterocycles. The zero-order valence-corrected chi connectivity index (χ0v) is 6.08. The van der Waals surface area contributed by atoms with Crippen LogP contribution in [0.25, 0.3) is 0 Å². The molecule has 1 aromatic heterocycles. The molecule has 1 heterocycles. The molecular formula is C6H3F3N2O2. The standard InChI is InChI=1S/C6H3F3N2O2/c7-3-1-2-10-4(6(8)9)5(3)11(12)13/h1-2,6H. The van der Waals surface area contributed by atoms with Gasteiger partial charge >= 0.3 is 5.69 Å². The van der Waals surface area contributed by atoms with Crippen LogP contribution in [-0.4, -0.2) is 9.91 Å². The molecule has 0 N–H and O–H groups in total. The molecule has 0 bridgehead atoms. The van der Waals surface area contributed by atoms with Crippen LogP contribution >= 0.6 is 0 Å². The first-order chi connectivity index (χ1) is 6.04. The van der Waals surface area contributed by atoms with Crippen molar-refractivity contribution in [2.24, 2.45) is 0 Å². The number of hydrogen-bond acceptors (Lipinski definition) is 3. The fraction of sp³-hybridized carbons (Fsp3) is 0.167. The number of rotatable bonds is 2. The van der Waals surface area contributed by atoms with Gasteiger partial charge < -0.3 is 0 Å². The van der Waals surface area contributed by atoms with E-state index in [1.54, 1.807) is 0 Å². The molecular weight excluding hydrogens is 189 g/mol. The summed E-state index contributed by atoms with van der Waals surface area (Å²) in [5.74, 6) is -1.31. The fourth-order valence-corrected chi connectivity index (χ4v) is 0.786. The third-order valence-corrected chi connectivity index (χ3v) is 1.29. The van der Waals surface area contributed by atoms with Gasteiger partial charge in [-0.15, -0.1) is 0 Å². The Labute approximate surface area is 70.2 Å². The Morgan fingerprint density at radius 2 is 2.15 bits per heavy atom. The maximum absolute atomic E-state index is 12.6. The van der Waals surface area contributed by atoms with E-state index in [1.807, 2.05) is 0 Å². The van der Waals surface area contributed by atoms with Gasteiger partial charge in [0.25, 0.3) is 6.43 Å². The molecule has 0 aliphatic heterocycles. The van der Waals surface area contributed by atoms with Crippen LogP contribution in [0.15, 0.2) is 12.3 Å². The lowest BCUT2D eigenvalue weighted by Gasteiger charge is -1.99. The van der Waals surface area contributed by atoms with Crippen molar-refractivity contribution < 1.29 is 18.1 Å². The Morgan fingerprint density at radius 1 is 1.54 bits per heavy atom. The molecule has 0 atom stereocenters. The minimum Gasteiger partial charge on any atom is -0.258 e. The molecule has 7 heteroatoms. The lowest BCUT2D eigenvalue weighted by Crippen LogP contribution is -2.01. The highest BCUT2D eigenvalue weighted by Gasteiger charge is 2.27. The number of hydrogen-bond donors (Lipinski definition) is 0. The predicted octanol–water partition coefficient (Wildman–Crippen LogP) is 2.07. The number of alkyl halides is 2. The Bertz CT molecular complexity index is 343. The zero-order valence-electron chi connectivity index (χ0n) is 6.08. The van der Waals surface area contributed by atoms with Crippen LogP contribution in [0.4, 0.5) is 18.9 Å². The Hall–Kier alpha value is -1.66. The third-order valence-electron chi connectivity index (χ3n) is 1.29. The van der Waals surface area contributed by atoms with Gasteiger partial charge in [0.05, 0.1) is 4.92 Å². The molecule has 1 rings (SSSR count). The summed E-state index contributed by atoms with van der Waals surface area (Å²) in [5, 5.41) is 10.1. The van der Waals surface area contributed by atoms with Crippen molar-refractivity contribution in [1.29, 1.82) is 0 Å². The number of nitrogens with zero attached hydrogens (tertiary/aromatic N) is 2. The van der Waals surface area contributed by atoms with Crippen LogP contribution in [-0.2, 0) is 0 Å². The molecule has 0 spiro atoms. The van der Waals surface area contributed by atoms with Crippen LogP contribution in [0.5, 0.6) is 0 Å². The van der Waals surface area contributed by atoms with Crippen LogP contribution in [0, 0.1) is 15.9 Å². The van der Waals surface area contributed by atoms with E-state index in [-0.39, 0.29) is 0 Å². The molecule has 13 heavy (non-hydrogen) atoms. The molecule has 70 valence electrons. The van der Waals surface area contributed by atoms with Gasteiger partial charge in [-0.25, -0.2) is 13.8 Å². The number of halogens is 3. The Morgan fingerprint density at radius 3 is 2.54 bits per heavy atom. The van der Waals surface area contributed by atoms with Crippen molar-refractivity contribution in [3.05, 3.63) is 33.9 Å². The van der Waals surface area contributed by atoms with Gasteiger partial charge in [0.1, 0.15) is 0 Å². The molecule has 1 aromatic rings. The maximum Gasteiger partial charge on any atom is 0.331 e. The molecule has 0 fully saturated rings. The summed E-state index contributed by atoms with van der Waals surface area (Å²) in [6.45, 7) is 0. The monoisotopic (exact) mass is 192 g/mol. The SMILES string of the molecule is O=[N+]([O-])c1c(F)ccnc1C(F)F. The predicted molar refractivity (Wildman–Crippen MR) is 35.8 cm³/mol. The fourth-order valence-electron chi connectivity index (χ4n) is 0.786. The second-order valence-electron chi connectivity index (χ2n) is 2.08. The van der Waals surface area contributed by atoms with Crippen molar-refractivity contribution in [3.63, 3.8) is 0 Å². The van der Waals surface area contributed by atoms with E-state index in [1.165, 1.54) is 0 Å². The highest BCUT2D eigenvalue weighted by atomic mass is 19.3. The Kier molecular flexibility index (Phi) is 2.45. The summed E-state index contributed by atoms with van der Waals surface area (Å²) in [6, 6.07) is 0.657. The number of nitro groups is 1. The van der Waals surface area contributed by atoms with Gasteiger partial charge in [-0.2, -0.15) is 4.39 Å². The molecule has 0 unspecified atom stereocenters. The summed E-state index contributed by atoms with van der Waals surface area (Å²) < 4.78 is 36.7. The van der Waals surface area contributed by atoms with Gasteiger partial charge in [-0.05, 0) is 6.07 Å². The first-order valence-corrected chi connectivity index (χ1v) is 3.11. The van der Waals surface area contributed by atoms with E-state index < -0.39 is 28.5 Å². The van der Waals surface area contributed by atoms with Crippen molar-refractivity contribution in [1.82, 2.24) is 4.98 Å². The van der Waals surface area contributed by atoms with E-state index >= 15 is 0 Å². The van der Waals surface area contributed by atoms with E-state index in [4.69, 9.17) is 0 Å². The molecule has 0 radical (unpaired) electrons. The minimum atomic E-state index is -3.16. The third kappa shape index (κ3) is 1.74. The lowest BCUT2D eigenvalue weighted by atomic mass is 10.3. The average molecular weight is 192 g/mol. The normalized spacial score (nSPS) is 10.5. The van der Waals surface area contributed by atoms with Crippen LogP contribution < -0.4 is 0 Å². The van der Waals surface area contributed by atoms with Gasteiger partial charge in [-0.1, -0.05) is 0 Å². The summed E-state index contributed by atoms with van der Waals surface area (Å²) >= 11 is 0. The second-order valence-corrected chi connectivity index (χ2v) is 2.08. The summed E-state index contributed by atoms with van der Waals surface area (Å²) in [7, 11) is 0. The van der Waals surface area contributed by atoms with Crippen LogP contribution in [0.3, 0.4) is 0 Å². The first-order valence-electron chi connectivity index (χ1n) is 3.11. The summed E-state index contributed by atoms with van der Waals surface area (Å²) in [6.07, 6.45) is -2.40. The molecule has 0 aliphatic rings. The minimum absolute atomic E-state index is 0.657. The molecule has 0 amide bonds. The number of pyridine rings is 1. The summed E-state index contributed by atoms with van der Waals surface area (Å²) in [4.78, 5) is 11.9. The van der Waals surface area contributed by atoms with E-state index in [2.05, 4.69) is 4.98 Å². The van der Waals surface area contributed by atoms with E-state index in [0.29, 0.717) is 6.07 Å². The van der Waals surface area contributed by atoms with Crippen molar-refractivity contribution >= 4 is 5.69 Å². The van der Waals surface area contributed by atoms with Gasteiger partial charge in [0.2, 0.25) is 5.82 Å². The topological polar surface area (TPSA) is 56.0 Å². The van der Waals surface area contributed by atoms with Gasteiger partial charge in [0, 0.05) is 6.20 Å². The van der Waals surface area contributed by atoms with Crippen molar-refractivity contribution in [2.75, 3.05) is 0 Å². The summed E-state index contributed by atoms with van der Waals surface area (Å²) in [5.41, 5.74) is -2.41. The lowest BCUT2D eigenvalue weighted by molar-refractivity contribution is -0.389. The molecule has 0 aromatic carbocycles. The Balaban J connectivity index is 3.34. The highest BCUT2D eigenvalue weighted by Crippen LogP contribution is 2.28. The zero-order chi connectivity index (χ0) is 10.0. The molecule has 0 aliphatic carbocycles. The second kappa shape index (κ2) is 3.38. The molecule has 4 nitrogen and oxygen atoms in total. The van der Waals surface area contributed by atoms with Crippen molar-refractivity contribution in [3.8, 4) is 0 Å². The van der Waals surface area contributed by atoms with E-state index in [0.717, 1.165) is 6.20 Å². The molecule has 0 saturated carbocycles.